The van der Waals surface area contributed by atoms with Crippen LogP contribution in [0.15, 0.2) is 0 Å². The summed E-state index contributed by atoms with van der Waals surface area (Å²) in [7, 11) is 0. The van der Waals surface area contributed by atoms with E-state index in [9.17, 15) is 4.79 Å². The van der Waals surface area contributed by atoms with E-state index < -0.39 is 5.41 Å². The summed E-state index contributed by atoms with van der Waals surface area (Å²) in [6.45, 7) is 5.89. The van der Waals surface area contributed by atoms with Crippen LogP contribution in [0, 0.1) is 5.41 Å². The van der Waals surface area contributed by atoms with Crippen molar-refractivity contribution in [2.45, 2.75) is 20.8 Å². The van der Waals surface area contributed by atoms with Gasteiger partial charge in [0.25, 0.3) is 0 Å². The van der Waals surface area contributed by atoms with E-state index in [-0.39, 0.29) is 32.2 Å². The molecule has 78 valence electrons. The number of rotatable bonds is 4. The third-order valence-electron chi connectivity index (χ3n) is 1.67. The number of nitrogens with zero attached hydrogens (tertiary/aromatic N) is 1. The predicted molar refractivity (Wildman–Crippen MR) is 50.2 cm³/mol. The Morgan fingerprint density at radius 3 is 1.77 bits per heavy atom. The number of carbonyl (C=O) groups excluding carboxylic acids is 1. The van der Waals surface area contributed by atoms with Crippen molar-refractivity contribution in [2.24, 2.45) is 5.41 Å². The molecule has 2 N–H and O–H groups in total. The second-order valence-electron chi connectivity index (χ2n) is 3.99. The second kappa shape index (κ2) is 5.19. The first kappa shape index (κ1) is 12.4. The third-order valence-corrected chi connectivity index (χ3v) is 1.67. The van der Waals surface area contributed by atoms with Gasteiger partial charge in [0.2, 0.25) is 5.91 Å². The van der Waals surface area contributed by atoms with Crippen molar-refractivity contribution in [3.63, 3.8) is 0 Å². The molecule has 4 heteroatoms. The molecule has 0 rings (SSSR count). The van der Waals surface area contributed by atoms with Gasteiger partial charge >= 0.3 is 0 Å². The van der Waals surface area contributed by atoms with Crippen molar-refractivity contribution in [1.29, 1.82) is 0 Å². The molecule has 0 aromatic rings. The molecule has 0 fully saturated rings. The Morgan fingerprint density at radius 2 is 1.54 bits per heavy atom. The molecular formula is C9H19NO3. The molecule has 0 aromatic heterocycles. The fourth-order valence-corrected chi connectivity index (χ4v) is 1.03. The Morgan fingerprint density at radius 1 is 1.15 bits per heavy atom. The minimum Gasteiger partial charge on any atom is -0.395 e. The minimum atomic E-state index is -0.454. The van der Waals surface area contributed by atoms with Crippen LogP contribution in [0.2, 0.25) is 0 Å². The van der Waals surface area contributed by atoms with E-state index in [0.29, 0.717) is 0 Å². The van der Waals surface area contributed by atoms with E-state index in [2.05, 4.69) is 0 Å². The monoisotopic (exact) mass is 189 g/mol. The molecule has 0 heterocycles. The van der Waals surface area contributed by atoms with Crippen molar-refractivity contribution in [3.8, 4) is 0 Å². The van der Waals surface area contributed by atoms with Gasteiger partial charge in [0.15, 0.2) is 0 Å². The van der Waals surface area contributed by atoms with Crippen molar-refractivity contribution in [1.82, 2.24) is 4.90 Å². The highest BCUT2D eigenvalue weighted by Gasteiger charge is 2.26. The van der Waals surface area contributed by atoms with E-state index >= 15 is 0 Å². The van der Waals surface area contributed by atoms with E-state index in [1.807, 2.05) is 20.8 Å². The van der Waals surface area contributed by atoms with Crippen molar-refractivity contribution in [2.75, 3.05) is 26.3 Å². The Bertz CT molecular complexity index is 157. The van der Waals surface area contributed by atoms with E-state index in [4.69, 9.17) is 10.2 Å². The lowest BCUT2D eigenvalue weighted by Gasteiger charge is -2.28. The van der Waals surface area contributed by atoms with Crippen LogP contribution in [0.4, 0.5) is 0 Å². The molecule has 4 nitrogen and oxygen atoms in total. The average molecular weight is 189 g/mol. The molecule has 0 aliphatic carbocycles. The van der Waals surface area contributed by atoms with Crippen LogP contribution in [0.5, 0.6) is 0 Å². The molecule has 0 spiro atoms. The van der Waals surface area contributed by atoms with Crippen LogP contribution >= 0.6 is 0 Å². The van der Waals surface area contributed by atoms with Gasteiger partial charge in [-0.2, -0.15) is 0 Å². The highest BCUT2D eigenvalue weighted by atomic mass is 16.3. The molecule has 0 aliphatic rings. The van der Waals surface area contributed by atoms with Gasteiger partial charge in [0, 0.05) is 18.5 Å². The highest BCUT2D eigenvalue weighted by Crippen LogP contribution is 2.16. The lowest BCUT2D eigenvalue weighted by molar-refractivity contribution is -0.140. The lowest BCUT2D eigenvalue weighted by Crippen LogP contribution is -2.42. The van der Waals surface area contributed by atoms with Gasteiger partial charge in [-0.25, -0.2) is 0 Å². The molecule has 0 bridgehead atoms. The first-order valence-corrected chi connectivity index (χ1v) is 4.44. The first-order chi connectivity index (χ1) is 5.93. The first-order valence-electron chi connectivity index (χ1n) is 4.44. The zero-order valence-corrected chi connectivity index (χ0v) is 8.58. The van der Waals surface area contributed by atoms with E-state index in [0.717, 1.165) is 0 Å². The topological polar surface area (TPSA) is 60.8 Å². The van der Waals surface area contributed by atoms with Gasteiger partial charge in [0.1, 0.15) is 0 Å². The Hall–Kier alpha value is -0.610. The van der Waals surface area contributed by atoms with Crippen LogP contribution in [0.25, 0.3) is 0 Å². The fourth-order valence-electron chi connectivity index (χ4n) is 1.03. The largest absolute Gasteiger partial charge is 0.395 e. The predicted octanol–water partition coefficient (Wildman–Crippen LogP) is -0.154. The molecule has 13 heavy (non-hydrogen) atoms. The van der Waals surface area contributed by atoms with Crippen LogP contribution in [0.3, 0.4) is 0 Å². The molecule has 1 amide bonds. The molecular weight excluding hydrogens is 170 g/mol. The van der Waals surface area contributed by atoms with Crippen LogP contribution in [0.1, 0.15) is 20.8 Å². The summed E-state index contributed by atoms with van der Waals surface area (Å²) >= 11 is 0. The number of hydrogen-bond donors (Lipinski definition) is 2. The normalized spacial score (nSPS) is 11.5. The van der Waals surface area contributed by atoms with Crippen LogP contribution in [-0.2, 0) is 4.79 Å². The second-order valence-corrected chi connectivity index (χ2v) is 3.99. The maximum atomic E-state index is 11.6. The summed E-state index contributed by atoms with van der Waals surface area (Å²) in [5, 5.41) is 17.4. The third kappa shape index (κ3) is 4.24. The van der Waals surface area contributed by atoms with E-state index in [1.54, 1.807) is 0 Å². The summed E-state index contributed by atoms with van der Waals surface area (Å²) in [6, 6.07) is 0. The van der Waals surface area contributed by atoms with Crippen LogP contribution < -0.4 is 0 Å². The average Bonchev–Trinajstić information content (AvgIpc) is 2.01. The highest BCUT2D eigenvalue weighted by molar-refractivity contribution is 5.81. The van der Waals surface area contributed by atoms with Gasteiger partial charge in [-0.1, -0.05) is 20.8 Å². The van der Waals surface area contributed by atoms with Crippen molar-refractivity contribution in [3.05, 3.63) is 0 Å². The Kier molecular flexibility index (Phi) is 4.95. The fraction of sp³-hybridized carbons (Fsp3) is 0.889. The van der Waals surface area contributed by atoms with Gasteiger partial charge in [-0.15, -0.1) is 0 Å². The number of carbonyl (C=O) groups is 1. The maximum Gasteiger partial charge on any atom is 0.228 e. The zero-order valence-electron chi connectivity index (χ0n) is 8.58. The lowest BCUT2D eigenvalue weighted by atomic mass is 9.95. The number of aliphatic hydroxyl groups is 2. The summed E-state index contributed by atoms with van der Waals surface area (Å²) in [6.07, 6.45) is 0. The molecule has 0 aromatic carbocycles. The molecule has 0 aliphatic heterocycles. The summed E-state index contributed by atoms with van der Waals surface area (Å²) in [5.74, 6) is -0.0457. The molecule has 0 saturated carbocycles. The van der Waals surface area contributed by atoms with E-state index in [1.165, 1.54) is 4.90 Å². The zero-order chi connectivity index (χ0) is 10.5. The van der Waals surface area contributed by atoms with Crippen molar-refractivity contribution >= 4 is 5.91 Å². The number of amides is 1. The van der Waals surface area contributed by atoms with Crippen molar-refractivity contribution < 1.29 is 15.0 Å². The quantitative estimate of drug-likeness (QED) is 0.646. The maximum absolute atomic E-state index is 11.6. The summed E-state index contributed by atoms with van der Waals surface area (Å²) in [4.78, 5) is 13.1. The molecule has 0 unspecified atom stereocenters. The number of aliphatic hydroxyl groups excluding tert-OH is 2. The van der Waals surface area contributed by atoms with Gasteiger partial charge in [-0.05, 0) is 0 Å². The Balaban J connectivity index is 4.27. The standard InChI is InChI=1S/C9H19NO3/c1-9(2,3)8(13)10(4-6-11)5-7-12/h11-12H,4-7H2,1-3H3. The van der Waals surface area contributed by atoms with Gasteiger partial charge in [-0.3, -0.25) is 4.79 Å². The van der Waals surface area contributed by atoms with Gasteiger partial charge < -0.3 is 15.1 Å². The smallest absolute Gasteiger partial charge is 0.228 e. The molecule has 0 radical (unpaired) electrons. The molecule has 0 saturated heterocycles. The SMILES string of the molecule is CC(C)(C)C(=O)N(CCO)CCO. The Labute approximate surface area is 79.2 Å². The molecule has 0 atom stereocenters. The van der Waals surface area contributed by atoms with Crippen LogP contribution in [-0.4, -0.2) is 47.3 Å². The summed E-state index contributed by atoms with van der Waals surface area (Å²) < 4.78 is 0. The number of hydrogen-bond acceptors (Lipinski definition) is 3. The minimum absolute atomic E-state index is 0.0457. The summed E-state index contributed by atoms with van der Waals surface area (Å²) in [5.41, 5.74) is -0.454. The van der Waals surface area contributed by atoms with Gasteiger partial charge in [0.05, 0.1) is 13.2 Å².